The Morgan fingerprint density at radius 3 is 2.81 bits per heavy atom. The fourth-order valence-electron chi connectivity index (χ4n) is 3.37. The lowest BCUT2D eigenvalue weighted by atomic mass is 10.0. The van der Waals surface area contributed by atoms with Crippen LogP contribution < -0.4 is 5.32 Å². The van der Waals surface area contributed by atoms with Gasteiger partial charge in [-0.1, -0.05) is 6.07 Å². The van der Waals surface area contributed by atoms with Crippen molar-refractivity contribution in [3.8, 4) is 0 Å². The minimum absolute atomic E-state index is 0.0797. The second-order valence-corrected chi connectivity index (χ2v) is 6.65. The first-order valence-electron chi connectivity index (χ1n) is 8.84. The van der Waals surface area contributed by atoms with Crippen LogP contribution in [0.2, 0.25) is 0 Å². The standard InChI is InChI=1S/C19H24N4O3S/c1-25-13-12-22-10-5-7-15(22)18-17(14-6-3-4-9-20-14)21-19(27)23(18)11-8-16(24)26-2/h3-7,9-10,17-18H,8,11-13H2,1-2H3,(H,21,27)/t17-,18-/m1/s1. The lowest BCUT2D eigenvalue weighted by Gasteiger charge is -2.28. The number of carbonyl (C=O) groups excluding carboxylic acids is 1. The van der Waals surface area contributed by atoms with Gasteiger partial charge in [0.05, 0.1) is 37.9 Å². The molecule has 2 aromatic rings. The highest BCUT2D eigenvalue weighted by Crippen LogP contribution is 2.38. The average molecular weight is 388 g/mol. The Bertz CT molecular complexity index is 780. The summed E-state index contributed by atoms with van der Waals surface area (Å²) in [4.78, 5) is 18.2. The molecule has 0 amide bonds. The van der Waals surface area contributed by atoms with Gasteiger partial charge < -0.3 is 24.3 Å². The Morgan fingerprint density at radius 1 is 1.26 bits per heavy atom. The number of rotatable bonds is 8. The number of pyridine rings is 1. The molecule has 2 aromatic heterocycles. The van der Waals surface area contributed by atoms with Gasteiger partial charge in [0, 0.05) is 38.3 Å². The summed E-state index contributed by atoms with van der Waals surface area (Å²) in [6, 6.07) is 9.75. The molecule has 0 bridgehead atoms. The van der Waals surface area contributed by atoms with E-state index < -0.39 is 0 Å². The molecule has 3 heterocycles. The van der Waals surface area contributed by atoms with Crippen LogP contribution in [0.5, 0.6) is 0 Å². The molecule has 8 heteroatoms. The molecule has 144 valence electrons. The van der Waals surface area contributed by atoms with Gasteiger partial charge in [0.1, 0.15) is 0 Å². The van der Waals surface area contributed by atoms with Crippen LogP contribution in [0.3, 0.4) is 0 Å². The zero-order chi connectivity index (χ0) is 19.2. The Balaban J connectivity index is 1.94. The number of ether oxygens (including phenoxy) is 2. The van der Waals surface area contributed by atoms with Crippen molar-refractivity contribution < 1.29 is 14.3 Å². The normalized spacial score (nSPS) is 19.2. The van der Waals surface area contributed by atoms with Gasteiger partial charge in [-0.2, -0.15) is 0 Å². The molecule has 0 unspecified atom stereocenters. The van der Waals surface area contributed by atoms with Crippen LogP contribution in [0.15, 0.2) is 42.7 Å². The molecule has 0 radical (unpaired) electrons. The van der Waals surface area contributed by atoms with E-state index in [4.69, 9.17) is 21.7 Å². The second kappa shape index (κ2) is 8.96. The maximum absolute atomic E-state index is 11.7. The predicted octanol–water partition coefficient (Wildman–Crippen LogP) is 2.07. The van der Waals surface area contributed by atoms with Crippen molar-refractivity contribution >= 4 is 23.3 Å². The van der Waals surface area contributed by atoms with Crippen molar-refractivity contribution in [1.29, 1.82) is 0 Å². The van der Waals surface area contributed by atoms with Crippen LogP contribution in [-0.4, -0.2) is 52.9 Å². The highest BCUT2D eigenvalue weighted by atomic mass is 32.1. The first kappa shape index (κ1) is 19.3. The molecule has 7 nitrogen and oxygen atoms in total. The zero-order valence-corrected chi connectivity index (χ0v) is 16.3. The minimum Gasteiger partial charge on any atom is -0.469 e. The van der Waals surface area contributed by atoms with Crippen molar-refractivity contribution in [2.45, 2.75) is 25.0 Å². The summed E-state index contributed by atoms with van der Waals surface area (Å²) in [5.74, 6) is -0.257. The smallest absolute Gasteiger partial charge is 0.307 e. The minimum atomic E-state index is -0.257. The third-order valence-corrected chi connectivity index (χ3v) is 5.04. The van der Waals surface area contributed by atoms with Gasteiger partial charge in [0.2, 0.25) is 0 Å². The fraction of sp³-hybridized carbons (Fsp3) is 0.421. The van der Waals surface area contributed by atoms with Crippen LogP contribution in [0.25, 0.3) is 0 Å². The lowest BCUT2D eigenvalue weighted by Crippen LogP contribution is -2.32. The molecule has 3 rings (SSSR count). The summed E-state index contributed by atoms with van der Waals surface area (Å²) < 4.78 is 12.2. The van der Waals surface area contributed by atoms with Crippen LogP contribution in [-0.2, 0) is 20.8 Å². The van der Waals surface area contributed by atoms with Gasteiger partial charge in [-0.05, 0) is 36.5 Å². The maximum atomic E-state index is 11.7. The van der Waals surface area contributed by atoms with Gasteiger partial charge in [-0.15, -0.1) is 0 Å². The van der Waals surface area contributed by atoms with Gasteiger partial charge in [0.25, 0.3) is 0 Å². The van der Waals surface area contributed by atoms with Crippen molar-refractivity contribution in [3.63, 3.8) is 0 Å². The number of hydrogen-bond acceptors (Lipinski definition) is 5. The first-order chi connectivity index (χ1) is 13.2. The quantitative estimate of drug-likeness (QED) is 0.548. The number of methoxy groups -OCH3 is 2. The van der Waals surface area contributed by atoms with Crippen LogP contribution in [0.1, 0.15) is 29.9 Å². The Morgan fingerprint density at radius 2 is 2.11 bits per heavy atom. The maximum Gasteiger partial charge on any atom is 0.307 e. The lowest BCUT2D eigenvalue weighted by molar-refractivity contribution is -0.140. The van der Waals surface area contributed by atoms with Crippen molar-refractivity contribution in [2.24, 2.45) is 0 Å². The number of nitrogens with one attached hydrogen (secondary N) is 1. The number of hydrogen-bond donors (Lipinski definition) is 1. The largest absolute Gasteiger partial charge is 0.469 e. The molecule has 1 N–H and O–H groups in total. The Hall–Kier alpha value is -2.45. The Labute approximate surface area is 164 Å². The summed E-state index contributed by atoms with van der Waals surface area (Å²) in [5.41, 5.74) is 2.00. The van der Waals surface area contributed by atoms with E-state index >= 15 is 0 Å². The van der Waals surface area contributed by atoms with Crippen molar-refractivity contribution in [1.82, 2.24) is 19.8 Å². The molecule has 1 saturated heterocycles. The fourth-order valence-corrected chi connectivity index (χ4v) is 3.70. The molecular weight excluding hydrogens is 364 g/mol. The monoisotopic (exact) mass is 388 g/mol. The van der Waals surface area contributed by atoms with Gasteiger partial charge >= 0.3 is 5.97 Å². The van der Waals surface area contributed by atoms with Gasteiger partial charge in [0.15, 0.2) is 5.11 Å². The topological polar surface area (TPSA) is 68.6 Å². The molecule has 2 atom stereocenters. The predicted molar refractivity (Wildman–Crippen MR) is 105 cm³/mol. The van der Waals surface area contributed by atoms with E-state index in [1.165, 1.54) is 7.11 Å². The molecule has 1 fully saturated rings. The van der Waals surface area contributed by atoms with E-state index in [0.717, 1.165) is 17.9 Å². The van der Waals surface area contributed by atoms with E-state index in [1.807, 2.05) is 35.4 Å². The van der Waals surface area contributed by atoms with Crippen molar-refractivity contribution in [3.05, 3.63) is 54.1 Å². The molecule has 0 spiro atoms. The van der Waals surface area contributed by atoms with Crippen LogP contribution in [0.4, 0.5) is 0 Å². The first-order valence-corrected chi connectivity index (χ1v) is 9.25. The third kappa shape index (κ3) is 4.28. The molecule has 0 aromatic carbocycles. The molecule has 0 aliphatic carbocycles. The summed E-state index contributed by atoms with van der Waals surface area (Å²) in [6.07, 6.45) is 4.07. The third-order valence-electron chi connectivity index (χ3n) is 4.69. The van der Waals surface area contributed by atoms with E-state index in [0.29, 0.717) is 18.3 Å². The molecule has 1 aliphatic rings. The Kier molecular flexibility index (Phi) is 6.41. The summed E-state index contributed by atoms with van der Waals surface area (Å²) in [6.45, 7) is 1.83. The number of esters is 1. The summed E-state index contributed by atoms with van der Waals surface area (Å²) in [5, 5.41) is 3.99. The van der Waals surface area contributed by atoms with E-state index in [2.05, 4.69) is 20.9 Å². The number of aromatic nitrogens is 2. The SMILES string of the molecule is COCCn1cccc1[C@@H]1[C@@H](c2ccccn2)NC(=S)N1CCC(=O)OC. The summed E-state index contributed by atoms with van der Waals surface area (Å²) >= 11 is 5.59. The highest BCUT2D eigenvalue weighted by molar-refractivity contribution is 7.80. The second-order valence-electron chi connectivity index (χ2n) is 6.27. The van der Waals surface area contributed by atoms with Gasteiger partial charge in [-0.3, -0.25) is 9.78 Å². The van der Waals surface area contributed by atoms with Crippen LogP contribution in [0, 0.1) is 0 Å². The number of nitrogens with zero attached hydrogens (tertiary/aromatic N) is 3. The molecule has 1 aliphatic heterocycles. The summed E-state index contributed by atoms with van der Waals surface area (Å²) in [7, 11) is 3.09. The van der Waals surface area contributed by atoms with Crippen molar-refractivity contribution in [2.75, 3.05) is 27.4 Å². The highest BCUT2D eigenvalue weighted by Gasteiger charge is 2.41. The zero-order valence-electron chi connectivity index (χ0n) is 15.5. The number of carbonyl (C=O) groups is 1. The van der Waals surface area contributed by atoms with Crippen LogP contribution >= 0.6 is 12.2 Å². The average Bonchev–Trinajstić information content (AvgIpc) is 3.28. The molecule has 0 saturated carbocycles. The van der Waals surface area contributed by atoms with E-state index in [9.17, 15) is 4.79 Å². The van der Waals surface area contributed by atoms with Gasteiger partial charge in [-0.25, -0.2) is 0 Å². The number of thiocarbonyl (C=S) groups is 1. The van der Waals surface area contributed by atoms with E-state index in [-0.39, 0.29) is 24.5 Å². The molecular formula is C19H24N4O3S. The molecule has 27 heavy (non-hydrogen) atoms. The van der Waals surface area contributed by atoms with E-state index in [1.54, 1.807) is 13.3 Å².